The Morgan fingerprint density at radius 1 is 1.36 bits per heavy atom. The summed E-state index contributed by atoms with van der Waals surface area (Å²) in [6, 6.07) is 7.68. The number of aliphatic hydroxyl groups excluding tert-OH is 2. The Labute approximate surface area is 88.1 Å². The van der Waals surface area contributed by atoms with Gasteiger partial charge in [-0.3, -0.25) is 0 Å². The van der Waals surface area contributed by atoms with E-state index in [-0.39, 0.29) is 12.5 Å². The molecule has 3 atom stereocenters. The standard InChI is InChI=1S/C11H13ClO2/c12-8-3-1-7(2-4-8)9-5-10(9)11(14)6-13/h1-4,9-11,13-14H,5-6H2. The van der Waals surface area contributed by atoms with E-state index in [9.17, 15) is 5.11 Å². The lowest BCUT2D eigenvalue weighted by Crippen LogP contribution is -2.15. The fraction of sp³-hybridized carbons (Fsp3) is 0.455. The van der Waals surface area contributed by atoms with Crippen LogP contribution in [-0.2, 0) is 0 Å². The van der Waals surface area contributed by atoms with E-state index in [0.29, 0.717) is 5.92 Å². The minimum Gasteiger partial charge on any atom is -0.394 e. The Balaban J connectivity index is 2.02. The van der Waals surface area contributed by atoms with Crippen molar-refractivity contribution >= 4 is 11.6 Å². The first-order valence-corrected chi connectivity index (χ1v) is 5.14. The highest BCUT2D eigenvalue weighted by atomic mass is 35.5. The highest BCUT2D eigenvalue weighted by Crippen LogP contribution is 2.49. The second-order valence-electron chi connectivity index (χ2n) is 3.81. The Morgan fingerprint density at radius 3 is 2.57 bits per heavy atom. The van der Waals surface area contributed by atoms with Crippen molar-refractivity contribution in [3.8, 4) is 0 Å². The summed E-state index contributed by atoms with van der Waals surface area (Å²) < 4.78 is 0. The number of hydrogen-bond acceptors (Lipinski definition) is 2. The molecule has 0 heterocycles. The predicted molar refractivity (Wildman–Crippen MR) is 55.4 cm³/mol. The van der Waals surface area contributed by atoms with Crippen LogP contribution in [0.15, 0.2) is 24.3 Å². The van der Waals surface area contributed by atoms with Gasteiger partial charge in [0.2, 0.25) is 0 Å². The van der Waals surface area contributed by atoms with Gasteiger partial charge in [0, 0.05) is 5.02 Å². The molecular formula is C11H13ClO2. The van der Waals surface area contributed by atoms with Crippen LogP contribution in [0.3, 0.4) is 0 Å². The maximum Gasteiger partial charge on any atom is 0.0805 e. The maximum absolute atomic E-state index is 9.41. The predicted octanol–water partition coefficient (Wildman–Crippen LogP) is 1.80. The number of hydrogen-bond donors (Lipinski definition) is 2. The van der Waals surface area contributed by atoms with Gasteiger partial charge in [-0.15, -0.1) is 0 Å². The van der Waals surface area contributed by atoms with Gasteiger partial charge in [-0.2, -0.15) is 0 Å². The minimum atomic E-state index is -0.573. The van der Waals surface area contributed by atoms with Crippen LogP contribution in [0.4, 0.5) is 0 Å². The van der Waals surface area contributed by atoms with Gasteiger partial charge in [-0.05, 0) is 36.0 Å². The molecule has 1 aromatic rings. The van der Waals surface area contributed by atoms with Gasteiger partial charge in [0.1, 0.15) is 0 Å². The monoisotopic (exact) mass is 212 g/mol. The average molecular weight is 213 g/mol. The summed E-state index contributed by atoms with van der Waals surface area (Å²) in [6.07, 6.45) is 0.388. The number of benzene rings is 1. The highest BCUT2D eigenvalue weighted by Gasteiger charge is 2.42. The summed E-state index contributed by atoms with van der Waals surface area (Å²) in [5, 5.41) is 18.9. The lowest BCUT2D eigenvalue weighted by Gasteiger charge is -2.05. The first-order chi connectivity index (χ1) is 6.72. The van der Waals surface area contributed by atoms with Crippen LogP contribution >= 0.6 is 11.6 Å². The van der Waals surface area contributed by atoms with Crippen molar-refractivity contribution in [2.75, 3.05) is 6.61 Å². The molecule has 1 aliphatic rings. The third-order valence-corrected chi connectivity index (χ3v) is 3.07. The molecule has 1 aromatic carbocycles. The second kappa shape index (κ2) is 3.89. The summed E-state index contributed by atoms with van der Waals surface area (Å²) in [7, 11) is 0. The molecule has 1 fully saturated rings. The molecule has 2 nitrogen and oxygen atoms in total. The molecule has 76 valence electrons. The normalized spacial score (nSPS) is 27.4. The Morgan fingerprint density at radius 2 is 2.00 bits per heavy atom. The van der Waals surface area contributed by atoms with Crippen LogP contribution in [0, 0.1) is 5.92 Å². The zero-order valence-corrected chi connectivity index (χ0v) is 8.48. The second-order valence-corrected chi connectivity index (χ2v) is 4.24. The van der Waals surface area contributed by atoms with Crippen molar-refractivity contribution < 1.29 is 10.2 Å². The lowest BCUT2D eigenvalue weighted by molar-refractivity contribution is 0.0764. The molecule has 0 aromatic heterocycles. The van der Waals surface area contributed by atoms with Crippen LogP contribution in [0.2, 0.25) is 5.02 Å². The third kappa shape index (κ3) is 1.92. The smallest absolute Gasteiger partial charge is 0.0805 e. The fourth-order valence-electron chi connectivity index (χ4n) is 1.87. The van der Waals surface area contributed by atoms with E-state index in [1.165, 1.54) is 5.56 Å². The topological polar surface area (TPSA) is 40.5 Å². The van der Waals surface area contributed by atoms with Crippen molar-refractivity contribution in [2.45, 2.75) is 18.4 Å². The quantitative estimate of drug-likeness (QED) is 0.802. The number of aliphatic hydroxyl groups is 2. The molecule has 3 heteroatoms. The number of rotatable bonds is 3. The molecular weight excluding hydrogens is 200 g/mol. The van der Waals surface area contributed by atoms with Crippen molar-refractivity contribution in [3.63, 3.8) is 0 Å². The van der Waals surface area contributed by atoms with Crippen molar-refractivity contribution in [1.29, 1.82) is 0 Å². The summed E-state index contributed by atoms with van der Waals surface area (Å²) in [6.45, 7) is -0.144. The van der Waals surface area contributed by atoms with Gasteiger partial charge in [0.05, 0.1) is 12.7 Å². The SMILES string of the molecule is OCC(O)C1CC1c1ccc(Cl)cc1. The van der Waals surface area contributed by atoms with E-state index >= 15 is 0 Å². The highest BCUT2D eigenvalue weighted by molar-refractivity contribution is 6.30. The summed E-state index contributed by atoms with van der Waals surface area (Å²) in [4.78, 5) is 0. The first-order valence-electron chi connectivity index (χ1n) is 4.76. The Kier molecular flexibility index (Phi) is 2.77. The summed E-state index contributed by atoms with van der Waals surface area (Å²) in [5.41, 5.74) is 1.20. The maximum atomic E-state index is 9.41. The molecule has 0 radical (unpaired) electrons. The van der Waals surface area contributed by atoms with Crippen LogP contribution in [0.1, 0.15) is 17.9 Å². The molecule has 0 amide bonds. The third-order valence-electron chi connectivity index (χ3n) is 2.82. The summed E-state index contributed by atoms with van der Waals surface area (Å²) >= 11 is 5.77. The van der Waals surface area contributed by atoms with E-state index in [4.69, 9.17) is 16.7 Å². The average Bonchev–Trinajstić information content (AvgIpc) is 2.98. The number of halogens is 1. The molecule has 0 bridgehead atoms. The van der Waals surface area contributed by atoms with E-state index in [0.717, 1.165) is 11.4 Å². The van der Waals surface area contributed by atoms with Gasteiger partial charge in [0.15, 0.2) is 0 Å². The van der Waals surface area contributed by atoms with E-state index in [1.54, 1.807) is 0 Å². The van der Waals surface area contributed by atoms with Crippen LogP contribution in [-0.4, -0.2) is 22.9 Å². The van der Waals surface area contributed by atoms with E-state index < -0.39 is 6.10 Å². The lowest BCUT2D eigenvalue weighted by atomic mass is 10.1. The zero-order chi connectivity index (χ0) is 10.1. The largest absolute Gasteiger partial charge is 0.394 e. The first kappa shape index (κ1) is 9.97. The van der Waals surface area contributed by atoms with E-state index in [2.05, 4.69) is 0 Å². The summed E-state index contributed by atoms with van der Waals surface area (Å²) in [5.74, 6) is 0.621. The molecule has 3 unspecified atom stereocenters. The van der Waals surface area contributed by atoms with Gasteiger partial charge < -0.3 is 10.2 Å². The van der Waals surface area contributed by atoms with E-state index in [1.807, 2.05) is 24.3 Å². The molecule has 1 saturated carbocycles. The Bertz CT molecular complexity index is 310. The van der Waals surface area contributed by atoms with Gasteiger partial charge >= 0.3 is 0 Å². The molecule has 14 heavy (non-hydrogen) atoms. The van der Waals surface area contributed by atoms with Gasteiger partial charge in [-0.1, -0.05) is 23.7 Å². The fourth-order valence-corrected chi connectivity index (χ4v) is 1.99. The van der Waals surface area contributed by atoms with Gasteiger partial charge in [0.25, 0.3) is 0 Å². The zero-order valence-electron chi connectivity index (χ0n) is 7.73. The molecule has 2 rings (SSSR count). The van der Waals surface area contributed by atoms with Crippen LogP contribution in [0.5, 0.6) is 0 Å². The van der Waals surface area contributed by atoms with Crippen LogP contribution < -0.4 is 0 Å². The van der Waals surface area contributed by atoms with Crippen LogP contribution in [0.25, 0.3) is 0 Å². The molecule has 0 aliphatic heterocycles. The van der Waals surface area contributed by atoms with Crippen molar-refractivity contribution in [2.24, 2.45) is 5.92 Å². The molecule has 0 saturated heterocycles. The molecule has 1 aliphatic carbocycles. The van der Waals surface area contributed by atoms with Crippen molar-refractivity contribution in [1.82, 2.24) is 0 Å². The molecule has 0 spiro atoms. The molecule has 2 N–H and O–H groups in total. The van der Waals surface area contributed by atoms with Crippen molar-refractivity contribution in [3.05, 3.63) is 34.9 Å². The van der Waals surface area contributed by atoms with Gasteiger partial charge in [-0.25, -0.2) is 0 Å². The minimum absolute atomic E-state index is 0.144. The Hall–Kier alpha value is -0.570.